The molecule has 1 aromatic carbocycles. The Balaban J connectivity index is 2.65. The summed E-state index contributed by atoms with van der Waals surface area (Å²) in [6.45, 7) is 4.44. The van der Waals surface area contributed by atoms with Crippen LogP contribution in [0, 0.1) is 6.92 Å². The zero-order valence-corrected chi connectivity index (χ0v) is 15.5. The quantitative estimate of drug-likeness (QED) is 0.286. The van der Waals surface area contributed by atoms with Gasteiger partial charge in [-0.1, -0.05) is 17.7 Å². The van der Waals surface area contributed by atoms with E-state index in [4.69, 9.17) is 4.74 Å². The summed E-state index contributed by atoms with van der Waals surface area (Å²) < 4.78 is 34.5. The predicted octanol–water partition coefficient (Wildman–Crippen LogP) is 2.99. The van der Waals surface area contributed by atoms with Crippen molar-refractivity contribution in [1.82, 2.24) is 10.6 Å². The van der Waals surface area contributed by atoms with Crippen LogP contribution >= 0.6 is 0 Å². The molecule has 0 saturated heterocycles. The molecule has 0 radical (unpaired) electrons. The van der Waals surface area contributed by atoms with Gasteiger partial charge in [0.25, 0.3) is 0 Å². The van der Waals surface area contributed by atoms with E-state index in [2.05, 4.69) is 20.4 Å². The molecule has 0 aliphatic rings. The van der Waals surface area contributed by atoms with Gasteiger partial charge >= 0.3 is 12.6 Å². The minimum Gasteiger partial charge on any atom is -0.466 e. The largest absolute Gasteiger partial charge is 0.466 e. The van der Waals surface area contributed by atoms with E-state index >= 15 is 0 Å². The van der Waals surface area contributed by atoms with Crippen molar-refractivity contribution in [3.8, 4) is 5.75 Å². The first kappa shape index (κ1) is 21.7. The fourth-order valence-electron chi connectivity index (χ4n) is 2.22. The molecule has 6 nitrogen and oxygen atoms in total. The first-order valence-electron chi connectivity index (χ1n) is 8.68. The Morgan fingerprint density at radius 3 is 2.69 bits per heavy atom. The van der Waals surface area contributed by atoms with E-state index in [0.717, 1.165) is 5.56 Å². The Morgan fingerprint density at radius 1 is 1.27 bits per heavy atom. The number of esters is 1. The molecular formula is C18H27F2N3O3. The second-order valence-corrected chi connectivity index (χ2v) is 5.52. The van der Waals surface area contributed by atoms with Gasteiger partial charge in [-0.15, -0.1) is 0 Å². The number of alkyl halides is 2. The number of carbonyl (C=O) groups is 1. The summed E-state index contributed by atoms with van der Waals surface area (Å²) in [4.78, 5) is 15.7. The lowest BCUT2D eigenvalue weighted by Gasteiger charge is -2.13. The number of carbonyl (C=O) groups excluding carboxylic acids is 1. The van der Waals surface area contributed by atoms with Gasteiger partial charge in [-0.25, -0.2) is 4.99 Å². The van der Waals surface area contributed by atoms with E-state index in [1.165, 1.54) is 6.07 Å². The van der Waals surface area contributed by atoms with Gasteiger partial charge in [0.1, 0.15) is 5.75 Å². The van der Waals surface area contributed by atoms with Crippen molar-refractivity contribution >= 4 is 11.9 Å². The van der Waals surface area contributed by atoms with Crippen molar-refractivity contribution in [3.05, 3.63) is 29.3 Å². The van der Waals surface area contributed by atoms with E-state index in [-0.39, 0.29) is 18.3 Å². The third-order valence-corrected chi connectivity index (χ3v) is 3.34. The van der Waals surface area contributed by atoms with Crippen LogP contribution in [0.3, 0.4) is 0 Å². The minimum absolute atomic E-state index is 0.118. The van der Waals surface area contributed by atoms with Crippen LogP contribution in [0.5, 0.6) is 5.75 Å². The number of rotatable bonds is 10. The zero-order chi connectivity index (χ0) is 19.4. The number of nitrogens with zero attached hydrogens (tertiary/aromatic N) is 1. The molecule has 2 N–H and O–H groups in total. The summed E-state index contributed by atoms with van der Waals surface area (Å²) in [5.41, 5.74) is 1.51. The van der Waals surface area contributed by atoms with Gasteiger partial charge in [0.05, 0.1) is 13.2 Å². The van der Waals surface area contributed by atoms with E-state index < -0.39 is 6.61 Å². The molecule has 26 heavy (non-hydrogen) atoms. The Hall–Kier alpha value is -2.38. The fourth-order valence-corrected chi connectivity index (χ4v) is 2.22. The molecule has 0 saturated carbocycles. The molecule has 0 amide bonds. The van der Waals surface area contributed by atoms with Crippen molar-refractivity contribution in [2.75, 3.05) is 19.7 Å². The standard InChI is InChI=1S/C18H27F2N3O3/c1-4-21-18(22-10-6-7-16(24)25-5-2)23-12-14-11-13(3)8-9-15(14)26-17(19)20/h8-9,11,17H,4-7,10,12H2,1-3H3,(H2,21,22,23). The topological polar surface area (TPSA) is 72.0 Å². The smallest absolute Gasteiger partial charge is 0.387 e. The normalized spacial score (nSPS) is 11.4. The van der Waals surface area contributed by atoms with E-state index in [0.29, 0.717) is 44.1 Å². The molecule has 0 aliphatic carbocycles. The van der Waals surface area contributed by atoms with E-state index in [1.54, 1.807) is 19.1 Å². The molecule has 1 aromatic rings. The number of aliphatic imine (C=N–C) groups is 1. The Labute approximate surface area is 153 Å². The molecule has 0 aliphatic heterocycles. The predicted molar refractivity (Wildman–Crippen MR) is 96.5 cm³/mol. The summed E-state index contributed by atoms with van der Waals surface area (Å²) >= 11 is 0. The highest BCUT2D eigenvalue weighted by Gasteiger charge is 2.10. The maximum Gasteiger partial charge on any atom is 0.387 e. The van der Waals surface area contributed by atoms with Crippen LogP contribution < -0.4 is 15.4 Å². The molecule has 0 spiro atoms. The number of ether oxygens (including phenoxy) is 2. The van der Waals surface area contributed by atoms with E-state index in [9.17, 15) is 13.6 Å². The van der Waals surface area contributed by atoms with Crippen molar-refractivity contribution in [1.29, 1.82) is 0 Å². The lowest BCUT2D eigenvalue weighted by Crippen LogP contribution is -2.37. The first-order valence-corrected chi connectivity index (χ1v) is 8.68. The number of hydrogen-bond donors (Lipinski definition) is 2. The number of halogens is 2. The van der Waals surface area contributed by atoms with Crippen molar-refractivity contribution in [2.24, 2.45) is 4.99 Å². The third kappa shape index (κ3) is 8.64. The SMILES string of the molecule is CCNC(=NCc1cc(C)ccc1OC(F)F)NCCCC(=O)OCC. The second-order valence-electron chi connectivity index (χ2n) is 5.52. The maximum absolute atomic E-state index is 12.5. The van der Waals surface area contributed by atoms with Crippen molar-refractivity contribution < 1.29 is 23.0 Å². The van der Waals surface area contributed by atoms with Crippen LogP contribution in [0.15, 0.2) is 23.2 Å². The fraction of sp³-hybridized carbons (Fsp3) is 0.556. The zero-order valence-electron chi connectivity index (χ0n) is 15.5. The van der Waals surface area contributed by atoms with Gasteiger partial charge in [0, 0.05) is 25.1 Å². The van der Waals surface area contributed by atoms with Crippen LogP contribution in [0.4, 0.5) is 8.78 Å². The lowest BCUT2D eigenvalue weighted by molar-refractivity contribution is -0.143. The number of hydrogen-bond acceptors (Lipinski definition) is 4. The van der Waals surface area contributed by atoms with Crippen LogP contribution in [-0.2, 0) is 16.1 Å². The monoisotopic (exact) mass is 371 g/mol. The molecule has 146 valence electrons. The highest BCUT2D eigenvalue weighted by molar-refractivity contribution is 5.79. The Bertz CT molecular complexity index is 595. The third-order valence-electron chi connectivity index (χ3n) is 3.34. The molecule has 0 bridgehead atoms. The molecule has 8 heteroatoms. The van der Waals surface area contributed by atoms with Crippen molar-refractivity contribution in [3.63, 3.8) is 0 Å². The van der Waals surface area contributed by atoms with Gasteiger partial charge in [-0.05, 0) is 33.3 Å². The Morgan fingerprint density at radius 2 is 2.04 bits per heavy atom. The van der Waals surface area contributed by atoms with Crippen LogP contribution in [0.1, 0.15) is 37.8 Å². The summed E-state index contributed by atoms with van der Waals surface area (Å²) in [6, 6.07) is 5.00. The molecule has 0 unspecified atom stereocenters. The summed E-state index contributed by atoms with van der Waals surface area (Å²) in [6.07, 6.45) is 0.929. The average molecular weight is 371 g/mol. The number of benzene rings is 1. The molecule has 0 aromatic heterocycles. The molecule has 0 heterocycles. The van der Waals surface area contributed by atoms with Gasteiger partial charge < -0.3 is 20.1 Å². The Kier molecular flexibility index (Phi) is 10.0. The molecule has 0 fully saturated rings. The van der Waals surface area contributed by atoms with E-state index in [1.807, 2.05) is 13.8 Å². The number of nitrogens with one attached hydrogen (secondary N) is 2. The van der Waals surface area contributed by atoms with Crippen LogP contribution in [-0.4, -0.2) is 38.2 Å². The molecular weight excluding hydrogens is 344 g/mol. The first-order chi connectivity index (χ1) is 12.5. The van der Waals surface area contributed by atoms with Gasteiger partial charge in [-0.2, -0.15) is 8.78 Å². The summed E-state index contributed by atoms with van der Waals surface area (Å²) in [5.74, 6) is 0.429. The maximum atomic E-state index is 12.5. The van der Waals surface area contributed by atoms with Crippen molar-refractivity contribution in [2.45, 2.75) is 46.8 Å². The number of aryl methyl sites for hydroxylation is 1. The lowest BCUT2D eigenvalue weighted by atomic mass is 10.1. The van der Waals surface area contributed by atoms with Crippen LogP contribution in [0.2, 0.25) is 0 Å². The van der Waals surface area contributed by atoms with Crippen LogP contribution in [0.25, 0.3) is 0 Å². The van der Waals surface area contributed by atoms with Gasteiger partial charge in [-0.3, -0.25) is 4.79 Å². The minimum atomic E-state index is -2.88. The van der Waals surface area contributed by atoms with Gasteiger partial charge in [0.15, 0.2) is 5.96 Å². The second kappa shape index (κ2) is 12.1. The summed E-state index contributed by atoms with van der Waals surface area (Å²) in [5, 5.41) is 6.18. The highest BCUT2D eigenvalue weighted by atomic mass is 19.3. The summed E-state index contributed by atoms with van der Waals surface area (Å²) in [7, 11) is 0. The average Bonchev–Trinajstić information content (AvgIpc) is 2.58. The molecule has 1 rings (SSSR count). The molecule has 0 atom stereocenters. The number of guanidine groups is 1. The highest BCUT2D eigenvalue weighted by Crippen LogP contribution is 2.22. The van der Waals surface area contributed by atoms with Gasteiger partial charge in [0.2, 0.25) is 0 Å².